The van der Waals surface area contributed by atoms with Gasteiger partial charge in [-0.05, 0) is 49.2 Å². The topological polar surface area (TPSA) is 232 Å². The number of rotatable bonds is 12. The largest absolute Gasteiger partial charge is 0.403 e. The molecule has 5 N–H and O–H groups in total. The summed E-state index contributed by atoms with van der Waals surface area (Å²) in [5.41, 5.74) is 0.993. The molecule has 6 rings (SSSR count). The smallest absolute Gasteiger partial charge is 0.323 e. The first-order valence-corrected chi connectivity index (χ1v) is 22.9. The van der Waals surface area contributed by atoms with E-state index in [-0.39, 0.29) is 24.6 Å². The summed E-state index contributed by atoms with van der Waals surface area (Å²) in [6, 6.07) is 11.7. The third-order valence-electron chi connectivity index (χ3n) is 10.5. The molecule has 4 saturated heterocycles. The predicted octanol–water partition coefficient (Wildman–Crippen LogP) is 1.95. The maximum Gasteiger partial charge on any atom is 0.403 e. The Morgan fingerprint density at radius 3 is 1.33 bits per heavy atom. The van der Waals surface area contributed by atoms with Crippen LogP contribution in [-0.4, -0.2) is 169 Å². The molecule has 0 aliphatic carbocycles. The van der Waals surface area contributed by atoms with Crippen LogP contribution in [0.25, 0.3) is 0 Å². The maximum atomic E-state index is 14.0. The van der Waals surface area contributed by atoms with E-state index in [2.05, 4.69) is 35.3 Å². The lowest BCUT2D eigenvalue weighted by Crippen LogP contribution is -2.56. The highest BCUT2D eigenvalue weighted by Crippen LogP contribution is 2.62. The van der Waals surface area contributed by atoms with Crippen LogP contribution in [0.5, 0.6) is 0 Å². The van der Waals surface area contributed by atoms with E-state index in [0.29, 0.717) is 38.9 Å². The Morgan fingerprint density at radius 1 is 0.614 bits per heavy atom. The van der Waals surface area contributed by atoms with E-state index >= 15 is 0 Å². The molecule has 57 heavy (non-hydrogen) atoms. The minimum Gasteiger partial charge on any atom is -0.323 e. The van der Waals surface area contributed by atoms with Crippen molar-refractivity contribution in [2.45, 2.75) is 25.4 Å². The molecule has 316 valence electrons. The van der Waals surface area contributed by atoms with E-state index in [0.717, 1.165) is 84.1 Å². The molecule has 2 aromatic carbocycles. The fourth-order valence-electron chi connectivity index (χ4n) is 7.92. The van der Waals surface area contributed by atoms with Crippen molar-refractivity contribution in [1.29, 1.82) is 0 Å². The van der Waals surface area contributed by atoms with Gasteiger partial charge in [0, 0.05) is 129 Å². The van der Waals surface area contributed by atoms with Gasteiger partial charge in [-0.15, -0.1) is 0 Å². The molecule has 0 saturated carbocycles. The number of hydrogen-bond acceptors (Lipinski definition) is 16. The van der Waals surface area contributed by atoms with Gasteiger partial charge in [-0.1, -0.05) is 0 Å². The van der Waals surface area contributed by atoms with Gasteiger partial charge >= 0.3 is 22.3 Å². The van der Waals surface area contributed by atoms with Crippen molar-refractivity contribution in [3.05, 3.63) is 79.9 Å². The van der Waals surface area contributed by atoms with Crippen LogP contribution < -0.4 is 16.0 Å². The standard InChI is InChI=1S/C19H31BN5O5P.C15H26N5O5P/c1-3-29-31(28,30-4-2)19(17-5-7-18(8-6-17)25(26)27)21-9-11-22-13-15-24-16-14-23(12-10-21)20(22)24;21-20(22)14-3-1-13(2-4-14)15(26(23,24)25)19-11-9-17-7-5-16-6-8-18-10-12-19/h5-8,19H,3-4,9-16H2,1-2H3;1-4,15-18H,5-12H2,(H2,23,24,25). The van der Waals surface area contributed by atoms with Gasteiger partial charge in [0.25, 0.3) is 11.4 Å². The van der Waals surface area contributed by atoms with Crippen LogP contribution in [0.2, 0.25) is 0 Å². The lowest BCUT2D eigenvalue weighted by atomic mass is 9.89. The molecule has 0 aromatic heterocycles. The summed E-state index contributed by atoms with van der Waals surface area (Å²) in [4.78, 5) is 52.3. The molecular formula is C34H57BN10O10P2. The molecule has 0 radical (unpaired) electrons. The maximum absolute atomic E-state index is 14.0. The summed E-state index contributed by atoms with van der Waals surface area (Å²) in [7, 11) is -7.64. The Balaban J connectivity index is 0.000000221. The minimum absolute atomic E-state index is 0.00915. The van der Waals surface area contributed by atoms with E-state index < -0.39 is 36.6 Å². The Kier molecular flexibility index (Phi) is 17.1. The van der Waals surface area contributed by atoms with Crippen LogP contribution >= 0.6 is 15.2 Å². The van der Waals surface area contributed by atoms with Crippen molar-refractivity contribution < 1.29 is 37.8 Å². The zero-order chi connectivity index (χ0) is 41.0. The molecule has 4 fully saturated rings. The zero-order valence-corrected chi connectivity index (χ0v) is 34.6. The highest BCUT2D eigenvalue weighted by molar-refractivity contribution is 7.54. The lowest BCUT2D eigenvalue weighted by Gasteiger charge is -2.40. The number of nitro groups is 2. The summed E-state index contributed by atoms with van der Waals surface area (Å²) >= 11 is 0. The van der Waals surface area contributed by atoms with Gasteiger partial charge in [-0.2, -0.15) is 0 Å². The first-order chi connectivity index (χ1) is 27.4. The van der Waals surface area contributed by atoms with Crippen LogP contribution in [0.1, 0.15) is 36.5 Å². The predicted molar refractivity (Wildman–Crippen MR) is 217 cm³/mol. The fourth-order valence-corrected chi connectivity index (χ4v) is 11.4. The van der Waals surface area contributed by atoms with Crippen molar-refractivity contribution in [2.75, 3.05) is 118 Å². The zero-order valence-electron chi connectivity index (χ0n) is 32.8. The number of non-ortho nitro benzene ring substituents is 2. The molecule has 0 bridgehead atoms. The summed E-state index contributed by atoms with van der Waals surface area (Å²) < 4.78 is 37.7. The third-order valence-corrected chi connectivity index (χ3v) is 14.2. The molecule has 4 heterocycles. The quantitative estimate of drug-likeness (QED) is 0.0890. The Hall–Kier alpha value is -2.72. The van der Waals surface area contributed by atoms with Crippen LogP contribution in [0.15, 0.2) is 48.5 Å². The van der Waals surface area contributed by atoms with E-state index in [9.17, 15) is 39.1 Å². The molecule has 4 aliphatic rings. The summed E-state index contributed by atoms with van der Waals surface area (Å²) in [6.45, 7) is 16.8. The molecule has 23 heteroatoms. The number of nitrogens with one attached hydrogen (secondary N) is 3. The Morgan fingerprint density at radius 2 is 0.965 bits per heavy atom. The van der Waals surface area contributed by atoms with Crippen molar-refractivity contribution in [1.82, 2.24) is 40.2 Å². The second kappa shape index (κ2) is 21.5. The number of hydrogen-bond donors (Lipinski definition) is 5. The van der Waals surface area contributed by atoms with Crippen molar-refractivity contribution in [3.63, 3.8) is 0 Å². The second-order valence-electron chi connectivity index (χ2n) is 14.2. The van der Waals surface area contributed by atoms with Crippen molar-refractivity contribution >= 4 is 33.7 Å². The molecule has 2 aromatic rings. The first-order valence-electron chi connectivity index (χ1n) is 19.6. The first kappa shape index (κ1) is 45.4. The summed E-state index contributed by atoms with van der Waals surface area (Å²) in [5.74, 6) is -1.74. The highest BCUT2D eigenvalue weighted by Gasteiger charge is 2.49. The van der Waals surface area contributed by atoms with Crippen LogP contribution in [-0.2, 0) is 18.2 Å². The average molecular weight is 839 g/mol. The van der Waals surface area contributed by atoms with E-state index in [1.807, 2.05) is 0 Å². The SMILES string of the molecule is CCOP(=O)(OCC)C(c1ccc([N+](=O)[O-])cc1)N1CCN2CCN3CCN(CC1)B32.O=[N+]([O-])c1ccc(C(N2CCNCCNCCNCC2)P(=O)(O)O)cc1. The van der Waals surface area contributed by atoms with E-state index in [1.165, 1.54) is 36.4 Å². The Bertz CT molecular complexity index is 1660. The molecule has 0 amide bonds. The van der Waals surface area contributed by atoms with Gasteiger partial charge in [0.15, 0.2) is 0 Å². The van der Waals surface area contributed by atoms with Gasteiger partial charge in [0.1, 0.15) is 11.6 Å². The molecule has 4 aliphatic heterocycles. The number of benzene rings is 2. The molecule has 0 spiro atoms. The molecule has 2 unspecified atom stereocenters. The summed E-state index contributed by atoms with van der Waals surface area (Å²) in [6.07, 6.45) is 0. The number of nitro benzene ring substituents is 2. The van der Waals surface area contributed by atoms with Crippen LogP contribution in [0.4, 0.5) is 11.4 Å². The van der Waals surface area contributed by atoms with Crippen molar-refractivity contribution in [3.8, 4) is 0 Å². The average Bonchev–Trinajstić information content (AvgIpc) is 3.75. The second-order valence-corrected chi connectivity index (χ2v) is 17.9. The molecular weight excluding hydrogens is 781 g/mol. The van der Waals surface area contributed by atoms with Crippen molar-refractivity contribution in [2.24, 2.45) is 0 Å². The van der Waals surface area contributed by atoms with Gasteiger partial charge in [0.2, 0.25) is 0 Å². The van der Waals surface area contributed by atoms with Crippen LogP contribution in [0, 0.1) is 20.2 Å². The minimum atomic E-state index is -4.49. The van der Waals surface area contributed by atoms with Gasteiger partial charge in [0.05, 0.1) is 23.1 Å². The van der Waals surface area contributed by atoms with Crippen LogP contribution in [0.3, 0.4) is 0 Å². The lowest BCUT2D eigenvalue weighted by molar-refractivity contribution is -0.385. The fraction of sp³-hybridized carbons (Fsp3) is 0.647. The van der Waals surface area contributed by atoms with Gasteiger partial charge in [-0.25, -0.2) is 0 Å². The van der Waals surface area contributed by atoms with Gasteiger partial charge < -0.3 is 49.2 Å². The van der Waals surface area contributed by atoms with E-state index in [1.54, 1.807) is 30.9 Å². The monoisotopic (exact) mass is 838 g/mol. The molecule has 20 nitrogen and oxygen atoms in total. The van der Waals surface area contributed by atoms with Gasteiger partial charge in [-0.3, -0.25) is 39.2 Å². The summed E-state index contributed by atoms with van der Waals surface area (Å²) in [5, 5.41) is 31.7. The van der Waals surface area contributed by atoms with E-state index in [4.69, 9.17) is 9.05 Å². The number of nitrogens with zero attached hydrogens (tertiary/aromatic N) is 7. The highest BCUT2D eigenvalue weighted by atomic mass is 31.2. The third kappa shape index (κ3) is 12.2. The Labute approximate surface area is 334 Å². The normalized spacial score (nSPS) is 21.2. The molecule has 2 atom stereocenters.